The summed E-state index contributed by atoms with van der Waals surface area (Å²) in [6, 6.07) is 17.0. The molecule has 2 N–H and O–H groups in total. The molecule has 6 nitrogen and oxygen atoms in total. The summed E-state index contributed by atoms with van der Waals surface area (Å²) in [5.74, 6) is 1.34. The minimum Gasteiger partial charge on any atom is -0.495 e. The van der Waals surface area contributed by atoms with Crippen LogP contribution in [0.2, 0.25) is 0 Å². The molecule has 0 spiro atoms. The predicted molar refractivity (Wildman–Crippen MR) is 116 cm³/mol. The molecule has 0 aliphatic carbocycles. The number of amides is 1. The third-order valence-corrected chi connectivity index (χ3v) is 4.42. The van der Waals surface area contributed by atoms with Crippen LogP contribution in [0, 0.1) is 6.92 Å². The highest BCUT2D eigenvalue weighted by Gasteiger charge is 2.19. The van der Waals surface area contributed by atoms with E-state index in [0.717, 1.165) is 11.3 Å². The van der Waals surface area contributed by atoms with Crippen molar-refractivity contribution in [3.8, 4) is 5.75 Å². The molecule has 0 fully saturated rings. The van der Waals surface area contributed by atoms with Crippen LogP contribution in [0.4, 0.5) is 17.2 Å². The predicted octanol–water partition coefficient (Wildman–Crippen LogP) is 5.09. The Morgan fingerprint density at radius 2 is 1.62 bits per heavy atom. The lowest BCUT2D eigenvalue weighted by atomic mass is 9.86. The number of nitrogens with one attached hydrogen (secondary N) is 2. The first-order valence-corrected chi connectivity index (χ1v) is 9.44. The molecule has 1 amide bonds. The van der Waals surface area contributed by atoms with Gasteiger partial charge in [0.15, 0.2) is 0 Å². The van der Waals surface area contributed by atoms with E-state index in [1.165, 1.54) is 0 Å². The van der Waals surface area contributed by atoms with Gasteiger partial charge in [0.1, 0.15) is 23.1 Å². The molecule has 6 heteroatoms. The first kappa shape index (κ1) is 20.3. The number of anilines is 3. The molecule has 0 unspecified atom stereocenters. The molecule has 3 aromatic rings. The van der Waals surface area contributed by atoms with Gasteiger partial charge >= 0.3 is 0 Å². The van der Waals surface area contributed by atoms with Crippen LogP contribution >= 0.6 is 0 Å². The minimum absolute atomic E-state index is 0.0320. The second-order valence-electron chi connectivity index (χ2n) is 7.76. The van der Waals surface area contributed by atoms with E-state index in [1.54, 1.807) is 32.2 Å². The Kier molecular flexibility index (Phi) is 5.82. The Bertz CT molecular complexity index is 1030. The summed E-state index contributed by atoms with van der Waals surface area (Å²) in [5, 5.41) is 6.20. The average Bonchev–Trinajstić information content (AvgIpc) is 2.67. The van der Waals surface area contributed by atoms with E-state index >= 15 is 0 Å². The van der Waals surface area contributed by atoms with Crippen molar-refractivity contribution in [2.45, 2.75) is 33.1 Å². The largest absolute Gasteiger partial charge is 0.495 e. The zero-order chi connectivity index (χ0) is 21.0. The molecule has 150 valence electrons. The van der Waals surface area contributed by atoms with Gasteiger partial charge in [0, 0.05) is 11.8 Å². The van der Waals surface area contributed by atoms with Crippen molar-refractivity contribution in [2.75, 3.05) is 17.7 Å². The van der Waals surface area contributed by atoms with Crippen LogP contribution in [0.25, 0.3) is 0 Å². The minimum atomic E-state index is -0.327. The average molecular weight is 390 g/mol. The smallest absolute Gasteiger partial charge is 0.274 e. The van der Waals surface area contributed by atoms with Crippen LogP contribution in [0.5, 0.6) is 5.75 Å². The van der Waals surface area contributed by atoms with Crippen LogP contribution in [0.15, 0.2) is 54.6 Å². The van der Waals surface area contributed by atoms with E-state index in [9.17, 15) is 4.79 Å². The number of para-hydroxylation sites is 3. The van der Waals surface area contributed by atoms with Crippen molar-refractivity contribution in [2.24, 2.45) is 0 Å². The Labute approximate surface area is 171 Å². The van der Waals surface area contributed by atoms with E-state index < -0.39 is 0 Å². The number of hydrogen-bond acceptors (Lipinski definition) is 5. The summed E-state index contributed by atoms with van der Waals surface area (Å²) in [6.45, 7) is 8.24. The monoisotopic (exact) mass is 390 g/mol. The Morgan fingerprint density at radius 1 is 0.966 bits per heavy atom. The molecular formula is C23H26N4O2. The maximum Gasteiger partial charge on any atom is 0.274 e. The first-order valence-electron chi connectivity index (χ1n) is 9.44. The van der Waals surface area contributed by atoms with Crippen molar-refractivity contribution in [3.05, 3.63) is 71.7 Å². The van der Waals surface area contributed by atoms with Crippen molar-refractivity contribution >= 4 is 23.1 Å². The Morgan fingerprint density at radius 3 is 2.31 bits per heavy atom. The standard InChI is InChI=1S/C23H26N4O2/c1-15-24-19(22(28)27-18-12-8-9-13-20(18)29-5)14-21(25-15)26-17-11-7-6-10-16(17)23(2,3)4/h6-14H,1-5H3,(H,27,28)(H,24,25,26). The number of rotatable bonds is 5. The van der Waals surface area contributed by atoms with E-state index in [2.05, 4.69) is 47.4 Å². The van der Waals surface area contributed by atoms with Crippen molar-refractivity contribution in [1.29, 1.82) is 0 Å². The van der Waals surface area contributed by atoms with Gasteiger partial charge in [0.25, 0.3) is 5.91 Å². The van der Waals surface area contributed by atoms with Gasteiger partial charge in [-0.2, -0.15) is 0 Å². The first-order chi connectivity index (χ1) is 13.8. The highest BCUT2D eigenvalue weighted by Crippen LogP contribution is 2.31. The van der Waals surface area contributed by atoms with Gasteiger partial charge in [-0.1, -0.05) is 51.1 Å². The summed E-state index contributed by atoms with van der Waals surface area (Å²) in [7, 11) is 1.56. The maximum atomic E-state index is 12.8. The van der Waals surface area contributed by atoms with Crippen LogP contribution < -0.4 is 15.4 Å². The van der Waals surface area contributed by atoms with Crippen molar-refractivity contribution in [1.82, 2.24) is 9.97 Å². The number of carbonyl (C=O) groups excluding carboxylic acids is 1. The molecule has 0 bridgehead atoms. The van der Waals surface area contributed by atoms with Gasteiger partial charge in [0.05, 0.1) is 12.8 Å². The molecule has 0 aliphatic heterocycles. The third kappa shape index (κ3) is 4.90. The number of ether oxygens (including phenoxy) is 1. The molecule has 0 aliphatic rings. The van der Waals surface area contributed by atoms with E-state index in [0.29, 0.717) is 23.1 Å². The normalized spacial score (nSPS) is 11.1. The molecule has 1 heterocycles. The highest BCUT2D eigenvalue weighted by molar-refractivity contribution is 6.04. The molecule has 1 aromatic heterocycles. The lowest BCUT2D eigenvalue weighted by Crippen LogP contribution is -2.17. The van der Waals surface area contributed by atoms with E-state index in [-0.39, 0.29) is 17.0 Å². The van der Waals surface area contributed by atoms with Crippen LogP contribution in [0.3, 0.4) is 0 Å². The second-order valence-corrected chi connectivity index (χ2v) is 7.76. The molecule has 0 atom stereocenters. The van der Waals surface area contributed by atoms with Gasteiger partial charge in [-0.3, -0.25) is 4.79 Å². The van der Waals surface area contributed by atoms with Crippen LogP contribution in [-0.4, -0.2) is 23.0 Å². The van der Waals surface area contributed by atoms with Gasteiger partial charge in [-0.05, 0) is 36.1 Å². The van der Waals surface area contributed by atoms with Gasteiger partial charge in [-0.25, -0.2) is 9.97 Å². The SMILES string of the molecule is COc1ccccc1NC(=O)c1cc(Nc2ccccc2C(C)(C)C)nc(C)n1. The summed E-state index contributed by atoms with van der Waals surface area (Å²) >= 11 is 0. The second kappa shape index (κ2) is 8.31. The molecular weight excluding hydrogens is 364 g/mol. The number of hydrogen-bond donors (Lipinski definition) is 2. The molecule has 2 aromatic carbocycles. The number of aromatic nitrogens is 2. The van der Waals surface area contributed by atoms with Crippen molar-refractivity contribution < 1.29 is 9.53 Å². The van der Waals surface area contributed by atoms with E-state index in [1.807, 2.05) is 30.3 Å². The summed E-state index contributed by atoms with van der Waals surface area (Å²) in [4.78, 5) is 21.5. The number of methoxy groups -OCH3 is 1. The lowest BCUT2D eigenvalue weighted by Gasteiger charge is -2.23. The Hall–Kier alpha value is -3.41. The molecule has 0 saturated heterocycles. The zero-order valence-corrected chi connectivity index (χ0v) is 17.4. The van der Waals surface area contributed by atoms with E-state index in [4.69, 9.17) is 4.74 Å². The number of carbonyl (C=O) groups is 1. The lowest BCUT2D eigenvalue weighted by molar-refractivity contribution is 0.102. The fraction of sp³-hybridized carbons (Fsp3) is 0.261. The molecule has 0 saturated carbocycles. The summed E-state index contributed by atoms with van der Waals surface area (Å²) in [6.07, 6.45) is 0. The number of nitrogens with zero attached hydrogens (tertiary/aromatic N) is 2. The highest BCUT2D eigenvalue weighted by atomic mass is 16.5. The summed E-state index contributed by atoms with van der Waals surface area (Å²) in [5.41, 5.74) is 2.95. The maximum absolute atomic E-state index is 12.8. The number of benzene rings is 2. The number of aryl methyl sites for hydroxylation is 1. The molecule has 3 rings (SSSR count). The van der Waals surface area contributed by atoms with Gasteiger partial charge in [0.2, 0.25) is 0 Å². The summed E-state index contributed by atoms with van der Waals surface area (Å²) < 4.78 is 5.29. The third-order valence-electron chi connectivity index (χ3n) is 4.42. The fourth-order valence-corrected chi connectivity index (χ4v) is 3.07. The Balaban J connectivity index is 1.88. The van der Waals surface area contributed by atoms with Crippen molar-refractivity contribution in [3.63, 3.8) is 0 Å². The van der Waals surface area contributed by atoms with Crippen LogP contribution in [-0.2, 0) is 5.41 Å². The quantitative estimate of drug-likeness (QED) is 0.635. The topological polar surface area (TPSA) is 76.1 Å². The fourth-order valence-electron chi connectivity index (χ4n) is 3.07. The molecule has 0 radical (unpaired) electrons. The van der Waals surface area contributed by atoms with Gasteiger partial charge < -0.3 is 15.4 Å². The molecule has 29 heavy (non-hydrogen) atoms. The zero-order valence-electron chi connectivity index (χ0n) is 17.4. The van der Waals surface area contributed by atoms with Gasteiger partial charge in [-0.15, -0.1) is 0 Å². The van der Waals surface area contributed by atoms with Crippen LogP contribution in [0.1, 0.15) is 42.6 Å².